The number of aromatic nitrogens is 2. The quantitative estimate of drug-likeness (QED) is 0.371. The van der Waals surface area contributed by atoms with Crippen molar-refractivity contribution in [3.8, 4) is 0 Å². The Kier molecular flexibility index (Phi) is 7.42. The third kappa shape index (κ3) is 5.05. The topological polar surface area (TPSA) is 84.3 Å². The van der Waals surface area contributed by atoms with Gasteiger partial charge in [0.25, 0.3) is 5.56 Å². The first-order valence-corrected chi connectivity index (χ1v) is 13.3. The van der Waals surface area contributed by atoms with Crippen LogP contribution < -0.4 is 10.9 Å². The number of likely N-dealkylation sites (N-methyl/N-ethyl adjacent to an activating group) is 1. The Morgan fingerprint density at radius 2 is 2.00 bits per heavy atom. The zero-order chi connectivity index (χ0) is 24.4. The van der Waals surface area contributed by atoms with Crippen molar-refractivity contribution in [3.63, 3.8) is 0 Å². The lowest BCUT2D eigenvalue weighted by molar-refractivity contribution is -0.132. The molecule has 1 aromatic carbocycles. The normalized spacial score (nSPS) is 13.6. The molecule has 1 atom stereocenters. The molecule has 0 bridgehead atoms. The molecule has 0 spiro atoms. The number of nitrogens with one attached hydrogen (secondary N) is 1. The van der Waals surface area contributed by atoms with Crippen LogP contribution in [-0.4, -0.2) is 45.1 Å². The number of anilines is 1. The standard InChI is InChI=1S/C25H30N4O3S2/c1-5-13-29-24(32)21-18-7-6-8-19(18)34-22(21)27-25(29)33-16(3)23(31)28(4)14-20(30)26-17-11-9-15(2)10-12-17/h9-12,16H,5-8,13-14H2,1-4H3,(H,26,30)/t16-/m1/s1. The van der Waals surface area contributed by atoms with Crippen LogP contribution in [0.3, 0.4) is 0 Å². The molecular weight excluding hydrogens is 468 g/mol. The molecule has 4 rings (SSSR count). The highest BCUT2D eigenvalue weighted by molar-refractivity contribution is 8.00. The van der Waals surface area contributed by atoms with Crippen LogP contribution in [0.4, 0.5) is 5.69 Å². The molecule has 0 aliphatic heterocycles. The lowest BCUT2D eigenvalue weighted by atomic mass is 10.2. The summed E-state index contributed by atoms with van der Waals surface area (Å²) in [7, 11) is 1.62. The van der Waals surface area contributed by atoms with Crippen LogP contribution >= 0.6 is 23.1 Å². The molecule has 0 fully saturated rings. The number of amides is 2. The molecule has 2 amide bonds. The van der Waals surface area contributed by atoms with Crippen LogP contribution in [-0.2, 0) is 29.0 Å². The second-order valence-electron chi connectivity index (χ2n) is 8.76. The molecule has 180 valence electrons. The van der Waals surface area contributed by atoms with Crippen molar-refractivity contribution in [2.45, 2.75) is 63.4 Å². The van der Waals surface area contributed by atoms with E-state index in [0.29, 0.717) is 17.4 Å². The average molecular weight is 499 g/mol. The van der Waals surface area contributed by atoms with Gasteiger partial charge in [0.15, 0.2) is 5.16 Å². The zero-order valence-electron chi connectivity index (χ0n) is 20.0. The highest BCUT2D eigenvalue weighted by Crippen LogP contribution is 2.36. The number of benzene rings is 1. The van der Waals surface area contributed by atoms with Gasteiger partial charge in [-0.3, -0.25) is 19.0 Å². The fourth-order valence-electron chi connectivity index (χ4n) is 4.22. The van der Waals surface area contributed by atoms with Crippen molar-refractivity contribution < 1.29 is 9.59 Å². The van der Waals surface area contributed by atoms with Gasteiger partial charge in [0.2, 0.25) is 11.8 Å². The van der Waals surface area contributed by atoms with Gasteiger partial charge in [-0.25, -0.2) is 4.98 Å². The number of aryl methyl sites for hydroxylation is 3. The second-order valence-corrected chi connectivity index (χ2v) is 11.1. The lowest BCUT2D eigenvalue weighted by Crippen LogP contribution is -2.39. The first-order valence-electron chi connectivity index (χ1n) is 11.6. The van der Waals surface area contributed by atoms with E-state index >= 15 is 0 Å². The summed E-state index contributed by atoms with van der Waals surface area (Å²) in [6.07, 6.45) is 3.84. The molecule has 34 heavy (non-hydrogen) atoms. The summed E-state index contributed by atoms with van der Waals surface area (Å²) in [6.45, 7) is 6.31. The molecule has 0 saturated heterocycles. The van der Waals surface area contributed by atoms with E-state index in [1.54, 1.807) is 29.9 Å². The fourth-order valence-corrected chi connectivity index (χ4v) is 6.57. The van der Waals surface area contributed by atoms with Gasteiger partial charge in [0, 0.05) is 24.2 Å². The molecule has 2 aromatic heterocycles. The Balaban J connectivity index is 1.48. The second kappa shape index (κ2) is 10.3. The molecule has 2 heterocycles. The predicted molar refractivity (Wildman–Crippen MR) is 139 cm³/mol. The number of nitrogens with zero attached hydrogens (tertiary/aromatic N) is 3. The SMILES string of the molecule is CCCn1c(S[C@H](C)C(=O)N(C)CC(=O)Nc2ccc(C)cc2)nc2sc3c(c2c1=O)CCC3. The number of hydrogen-bond donors (Lipinski definition) is 1. The molecule has 1 N–H and O–H groups in total. The Morgan fingerprint density at radius 3 is 2.71 bits per heavy atom. The van der Waals surface area contributed by atoms with E-state index in [9.17, 15) is 14.4 Å². The highest BCUT2D eigenvalue weighted by atomic mass is 32.2. The van der Waals surface area contributed by atoms with Crippen LogP contribution in [0.2, 0.25) is 0 Å². The Bertz CT molecular complexity index is 1280. The maximum atomic E-state index is 13.4. The van der Waals surface area contributed by atoms with E-state index in [1.807, 2.05) is 38.1 Å². The van der Waals surface area contributed by atoms with E-state index in [4.69, 9.17) is 4.98 Å². The van der Waals surface area contributed by atoms with Crippen molar-refractivity contribution in [2.24, 2.45) is 0 Å². The van der Waals surface area contributed by atoms with Crippen molar-refractivity contribution in [1.29, 1.82) is 0 Å². The monoisotopic (exact) mass is 498 g/mol. The average Bonchev–Trinajstić information content (AvgIpc) is 3.38. The smallest absolute Gasteiger partial charge is 0.263 e. The van der Waals surface area contributed by atoms with E-state index in [1.165, 1.54) is 27.1 Å². The zero-order valence-corrected chi connectivity index (χ0v) is 21.6. The molecule has 3 aromatic rings. The maximum Gasteiger partial charge on any atom is 0.263 e. The molecule has 7 nitrogen and oxygen atoms in total. The highest BCUT2D eigenvalue weighted by Gasteiger charge is 2.26. The number of carbonyl (C=O) groups is 2. The van der Waals surface area contributed by atoms with Crippen LogP contribution in [0.25, 0.3) is 10.2 Å². The summed E-state index contributed by atoms with van der Waals surface area (Å²) >= 11 is 2.89. The van der Waals surface area contributed by atoms with Crippen LogP contribution in [0.15, 0.2) is 34.2 Å². The van der Waals surface area contributed by atoms with Crippen molar-refractivity contribution in [1.82, 2.24) is 14.5 Å². The van der Waals surface area contributed by atoms with Gasteiger partial charge < -0.3 is 10.2 Å². The third-order valence-corrected chi connectivity index (χ3v) is 8.22. The van der Waals surface area contributed by atoms with Gasteiger partial charge in [0.05, 0.1) is 17.2 Å². The van der Waals surface area contributed by atoms with Gasteiger partial charge >= 0.3 is 0 Å². The van der Waals surface area contributed by atoms with Gasteiger partial charge in [-0.05, 0) is 57.2 Å². The number of thiophene rings is 1. The molecular formula is C25H30N4O3S2. The van der Waals surface area contributed by atoms with Crippen molar-refractivity contribution in [2.75, 3.05) is 18.9 Å². The predicted octanol–water partition coefficient (Wildman–Crippen LogP) is 4.24. The summed E-state index contributed by atoms with van der Waals surface area (Å²) in [5.41, 5.74) is 2.97. The van der Waals surface area contributed by atoms with E-state index < -0.39 is 5.25 Å². The number of fused-ring (bicyclic) bond motifs is 3. The molecule has 0 unspecified atom stereocenters. The Labute approximate surface area is 207 Å². The summed E-state index contributed by atoms with van der Waals surface area (Å²) in [5.74, 6) is -0.442. The van der Waals surface area contributed by atoms with E-state index in [-0.39, 0.29) is 23.9 Å². The largest absolute Gasteiger partial charge is 0.335 e. The fraction of sp³-hybridized carbons (Fsp3) is 0.440. The van der Waals surface area contributed by atoms with Crippen molar-refractivity contribution in [3.05, 3.63) is 50.6 Å². The number of carbonyl (C=O) groups excluding carboxylic acids is 2. The molecule has 1 aliphatic carbocycles. The van der Waals surface area contributed by atoms with Gasteiger partial charge in [-0.15, -0.1) is 11.3 Å². The third-order valence-electron chi connectivity index (χ3n) is 5.96. The number of rotatable bonds is 8. The first kappa shape index (κ1) is 24.5. The minimum Gasteiger partial charge on any atom is -0.335 e. The summed E-state index contributed by atoms with van der Waals surface area (Å²) in [4.78, 5) is 47.1. The minimum absolute atomic E-state index is 0.000714. The summed E-state index contributed by atoms with van der Waals surface area (Å²) in [6, 6.07) is 7.52. The van der Waals surface area contributed by atoms with Gasteiger partial charge in [-0.2, -0.15) is 0 Å². The lowest BCUT2D eigenvalue weighted by Gasteiger charge is -2.21. The molecule has 9 heteroatoms. The van der Waals surface area contributed by atoms with E-state index in [0.717, 1.165) is 41.5 Å². The Hall–Kier alpha value is -2.65. The van der Waals surface area contributed by atoms with E-state index in [2.05, 4.69) is 5.32 Å². The first-order chi connectivity index (χ1) is 16.3. The number of thioether (sulfide) groups is 1. The van der Waals surface area contributed by atoms with Crippen LogP contribution in [0.1, 0.15) is 42.7 Å². The Morgan fingerprint density at radius 1 is 1.26 bits per heavy atom. The van der Waals surface area contributed by atoms with Gasteiger partial charge in [-0.1, -0.05) is 36.4 Å². The maximum absolute atomic E-state index is 13.4. The molecule has 0 radical (unpaired) electrons. The summed E-state index contributed by atoms with van der Waals surface area (Å²) in [5, 5.41) is 3.66. The van der Waals surface area contributed by atoms with Crippen LogP contribution in [0.5, 0.6) is 0 Å². The van der Waals surface area contributed by atoms with Crippen LogP contribution in [0, 0.1) is 6.92 Å². The molecule has 1 aliphatic rings. The summed E-state index contributed by atoms with van der Waals surface area (Å²) < 4.78 is 1.71. The van der Waals surface area contributed by atoms with Crippen molar-refractivity contribution >= 4 is 50.8 Å². The minimum atomic E-state index is -0.489. The number of hydrogen-bond acceptors (Lipinski definition) is 6. The van der Waals surface area contributed by atoms with Gasteiger partial charge in [0.1, 0.15) is 4.83 Å². The molecule has 0 saturated carbocycles.